The predicted octanol–water partition coefficient (Wildman–Crippen LogP) is 12.7. The Kier molecular flexibility index (Phi) is 6.21. The first-order valence-electron chi connectivity index (χ1n) is 18.7. The number of fused-ring (bicyclic) bond motifs is 14. The molecule has 0 N–H and O–H groups in total. The summed E-state index contributed by atoms with van der Waals surface area (Å²) in [4.78, 5) is 2.32. The summed E-state index contributed by atoms with van der Waals surface area (Å²) in [5.41, 5.74) is 12.1. The number of nitriles is 2. The molecule has 2 aliphatic rings. The Bertz CT molecular complexity index is 3490. The number of nitrogens with zero attached hydrogens (tertiary/aromatic N) is 4. The summed E-state index contributed by atoms with van der Waals surface area (Å²) < 4.78 is 15.3. The third-order valence-corrected chi connectivity index (χ3v) is 11.8. The number of furan rings is 2. The highest BCUT2D eigenvalue weighted by atomic mass is 16.3. The molecule has 1 aliphatic heterocycles. The van der Waals surface area contributed by atoms with Crippen LogP contribution in [-0.4, -0.2) is 10.6 Å². The van der Waals surface area contributed by atoms with E-state index in [0.29, 0.717) is 11.1 Å². The molecule has 0 amide bonds. The van der Waals surface area contributed by atoms with Crippen LogP contribution >= 0.6 is 0 Å². The third-order valence-electron chi connectivity index (χ3n) is 11.8. The summed E-state index contributed by atoms with van der Waals surface area (Å²) in [6, 6.07) is 50.1. The van der Waals surface area contributed by atoms with Crippen molar-refractivity contribution >= 4 is 77.1 Å². The number of hydrogen-bond donors (Lipinski definition) is 0. The van der Waals surface area contributed by atoms with Gasteiger partial charge in [0.05, 0.1) is 45.7 Å². The van der Waals surface area contributed by atoms with Gasteiger partial charge in [-0.25, -0.2) is 0 Å². The number of allylic oxidation sites excluding steroid dienone is 2. The second kappa shape index (κ2) is 11.4. The van der Waals surface area contributed by atoms with Crippen molar-refractivity contribution in [1.82, 2.24) is 4.57 Å². The van der Waals surface area contributed by atoms with E-state index in [1.165, 1.54) is 0 Å². The zero-order valence-corrected chi connectivity index (χ0v) is 29.8. The van der Waals surface area contributed by atoms with Gasteiger partial charge in [0.2, 0.25) is 0 Å². The van der Waals surface area contributed by atoms with Gasteiger partial charge in [-0.15, -0.1) is 0 Å². The maximum absolute atomic E-state index is 10.5. The fourth-order valence-corrected chi connectivity index (χ4v) is 9.40. The summed E-state index contributed by atoms with van der Waals surface area (Å²) in [6.07, 6.45) is 8.66. The first-order valence-corrected chi connectivity index (χ1v) is 18.7. The summed E-state index contributed by atoms with van der Waals surface area (Å²) in [7, 11) is 0. The molecule has 0 radical (unpaired) electrons. The summed E-state index contributed by atoms with van der Waals surface area (Å²) >= 11 is 0. The molecule has 6 nitrogen and oxygen atoms in total. The van der Waals surface area contributed by atoms with Crippen LogP contribution in [0.5, 0.6) is 0 Å². The van der Waals surface area contributed by atoms with Gasteiger partial charge in [-0.05, 0) is 84.4 Å². The monoisotopic (exact) mass is 716 g/mol. The van der Waals surface area contributed by atoms with Crippen LogP contribution in [0.4, 0.5) is 11.4 Å². The van der Waals surface area contributed by atoms with Crippen molar-refractivity contribution in [3.05, 3.63) is 174 Å². The van der Waals surface area contributed by atoms with Crippen LogP contribution in [0.25, 0.3) is 82.5 Å². The molecule has 1 aliphatic carbocycles. The molecular weight excluding hydrogens is 689 g/mol. The van der Waals surface area contributed by atoms with Crippen molar-refractivity contribution in [2.24, 2.45) is 0 Å². The van der Waals surface area contributed by atoms with E-state index in [1.807, 2.05) is 60.7 Å². The maximum atomic E-state index is 10.5. The van der Waals surface area contributed by atoms with Crippen LogP contribution in [-0.2, 0) is 0 Å². The van der Waals surface area contributed by atoms with E-state index < -0.39 is 0 Å². The van der Waals surface area contributed by atoms with E-state index in [4.69, 9.17) is 8.83 Å². The molecule has 6 heteroatoms. The maximum Gasteiger partial charge on any atom is 0.145 e. The van der Waals surface area contributed by atoms with Gasteiger partial charge >= 0.3 is 0 Å². The fourth-order valence-electron chi connectivity index (χ4n) is 9.40. The number of rotatable bonds is 3. The van der Waals surface area contributed by atoms with Crippen molar-refractivity contribution in [3.8, 4) is 29.0 Å². The lowest BCUT2D eigenvalue weighted by Crippen LogP contribution is -2.28. The van der Waals surface area contributed by atoms with Gasteiger partial charge in [0.1, 0.15) is 22.3 Å². The summed E-state index contributed by atoms with van der Waals surface area (Å²) in [6.45, 7) is 0. The molecule has 4 heterocycles. The molecule has 56 heavy (non-hydrogen) atoms. The van der Waals surface area contributed by atoms with Crippen molar-refractivity contribution in [3.63, 3.8) is 0 Å². The van der Waals surface area contributed by atoms with Gasteiger partial charge < -0.3 is 18.3 Å². The number of anilines is 2. The van der Waals surface area contributed by atoms with Crippen LogP contribution in [0.1, 0.15) is 22.6 Å². The molecule has 2 atom stereocenters. The molecular formula is C50H28N4O2. The standard InChI is InChI=1S/C50H28N4O2/c51-27-29-23-31(25-33(24-29)54-42-14-6-2-12-39(42)48-44(54)22-20-37-35-10-4-8-16-46(35)56-50(37)48)40-26-32(18-17-30(40)28-52)53-41-13-5-1-11-38(41)47-43(53)21-19-36-34-9-3-7-15-45(34)55-49(36)47/h1-26,39,42H. The molecule has 3 aromatic heterocycles. The van der Waals surface area contributed by atoms with Gasteiger partial charge in [0.25, 0.3) is 0 Å². The Morgan fingerprint density at radius 2 is 1.27 bits per heavy atom. The average Bonchev–Trinajstić information content (AvgIpc) is 4.00. The minimum absolute atomic E-state index is 0.0231. The lowest BCUT2D eigenvalue weighted by atomic mass is 9.90. The zero-order valence-electron chi connectivity index (χ0n) is 29.8. The lowest BCUT2D eigenvalue weighted by Gasteiger charge is -2.29. The van der Waals surface area contributed by atoms with E-state index in [2.05, 4.69) is 119 Å². The van der Waals surface area contributed by atoms with E-state index in [-0.39, 0.29) is 12.0 Å². The number of hydrogen-bond acceptors (Lipinski definition) is 5. The molecule has 12 rings (SSSR count). The van der Waals surface area contributed by atoms with Crippen LogP contribution < -0.4 is 4.90 Å². The first-order chi connectivity index (χ1) is 27.7. The van der Waals surface area contributed by atoms with Crippen LogP contribution in [0.3, 0.4) is 0 Å². The highest BCUT2D eigenvalue weighted by Crippen LogP contribution is 2.52. The molecule has 0 saturated carbocycles. The summed E-state index contributed by atoms with van der Waals surface area (Å²) in [5.74, 6) is 0.0555. The molecule has 10 aromatic rings. The Morgan fingerprint density at radius 3 is 2.07 bits per heavy atom. The molecule has 260 valence electrons. The highest BCUT2D eigenvalue weighted by molar-refractivity contribution is 6.24. The molecule has 0 fully saturated rings. The van der Waals surface area contributed by atoms with Gasteiger partial charge in [-0.2, -0.15) is 10.5 Å². The van der Waals surface area contributed by atoms with Crippen molar-refractivity contribution in [2.45, 2.75) is 12.0 Å². The molecule has 2 unspecified atom stereocenters. The molecule has 0 spiro atoms. The first kappa shape index (κ1) is 30.6. The second-order valence-corrected chi connectivity index (χ2v) is 14.6. The van der Waals surface area contributed by atoms with Crippen molar-refractivity contribution in [1.29, 1.82) is 10.5 Å². The zero-order chi connectivity index (χ0) is 37.1. The number of aromatic nitrogens is 1. The van der Waals surface area contributed by atoms with E-state index in [0.717, 1.165) is 99.4 Å². The van der Waals surface area contributed by atoms with Crippen LogP contribution in [0.15, 0.2) is 167 Å². The minimum atomic E-state index is -0.0231. The quantitative estimate of drug-likeness (QED) is 0.182. The Labute approximate surface area is 320 Å². The van der Waals surface area contributed by atoms with E-state index in [1.54, 1.807) is 0 Å². The van der Waals surface area contributed by atoms with Gasteiger partial charge in [0.15, 0.2) is 0 Å². The predicted molar refractivity (Wildman–Crippen MR) is 224 cm³/mol. The number of para-hydroxylation sites is 3. The van der Waals surface area contributed by atoms with Crippen molar-refractivity contribution in [2.75, 3.05) is 4.90 Å². The Hall–Kier alpha value is -7.80. The topological polar surface area (TPSA) is 82.0 Å². The highest BCUT2D eigenvalue weighted by Gasteiger charge is 2.40. The van der Waals surface area contributed by atoms with Gasteiger partial charge in [-0.1, -0.05) is 78.9 Å². The largest absolute Gasteiger partial charge is 0.456 e. The average molecular weight is 717 g/mol. The Morgan fingerprint density at radius 1 is 0.554 bits per heavy atom. The second-order valence-electron chi connectivity index (χ2n) is 14.6. The van der Waals surface area contributed by atoms with Crippen molar-refractivity contribution < 1.29 is 8.83 Å². The van der Waals surface area contributed by atoms with Gasteiger partial charge in [-0.3, -0.25) is 0 Å². The fraction of sp³-hybridized carbons (Fsp3) is 0.0400. The molecule has 0 bridgehead atoms. The van der Waals surface area contributed by atoms with E-state index in [9.17, 15) is 10.5 Å². The van der Waals surface area contributed by atoms with Gasteiger partial charge in [0, 0.05) is 61.0 Å². The lowest BCUT2D eigenvalue weighted by molar-refractivity contribution is 0.656. The SMILES string of the molecule is N#Cc1cc(-c2cc(-n3c4ccccc4c4c5oc6ccccc6c5ccc43)ccc2C#N)cc(N2c3ccc4c(oc5ccccc54)c3C3C=CC=CC32)c1. The smallest absolute Gasteiger partial charge is 0.145 e. The normalized spacial score (nSPS) is 16.0. The number of benzene rings is 7. The summed E-state index contributed by atoms with van der Waals surface area (Å²) in [5, 5.41) is 27.4. The minimum Gasteiger partial charge on any atom is -0.456 e. The van der Waals surface area contributed by atoms with E-state index >= 15 is 0 Å². The Balaban J connectivity index is 1.06. The van der Waals surface area contributed by atoms with Crippen LogP contribution in [0, 0.1) is 22.7 Å². The third kappa shape index (κ3) is 4.13. The molecule has 7 aromatic carbocycles. The van der Waals surface area contributed by atoms with Crippen LogP contribution in [0.2, 0.25) is 0 Å². The molecule has 0 saturated heterocycles.